The van der Waals surface area contributed by atoms with Crippen molar-refractivity contribution in [2.45, 2.75) is 193 Å². The van der Waals surface area contributed by atoms with Crippen LogP contribution in [0.4, 0.5) is 0 Å². The Hall–Kier alpha value is -0.990. The molecule has 0 radical (unpaired) electrons. The van der Waals surface area contributed by atoms with E-state index < -0.39 is 26.5 Å². The summed E-state index contributed by atoms with van der Waals surface area (Å²) in [6.07, 6.45) is 29.9. The number of phosphoric acid groups is 1. The molecule has 49 heavy (non-hydrogen) atoms. The molecule has 0 aliphatic carbocycles. The Balaban J connectivity index is 4.33. The quantitative estimate of drug-likeness (QED) is 0.0270. The molecule has 0 amide bonds. The highest BCUT2D eigenvalue weighted by Crippen LogP contribution is 2.38. The lowest BCUT2D eigenvalue weighted by atomic mass is 10.0. The molecule has 0 aromatic heterocycles. The van der Waals surface area contributed by atoms with Gasteiger partial charge in [0.25, 0.3) is 7.82 Å². The van der Waals surface area contributed by atoms with Crippen LogP contribution in [0.2, 0.25) is 0 Å². The molecule has 0 N–H and O–H groups in total. The largest absolute Gasteiger partial charge is 0.756 e. The zero-order valence-electron chi connectivity index (χ0n) is 32.7. The molecule has 0 saturated heterocycles. The zero-order chi connectivity index (χ0) is 36.5. The predicted molar refractivity (Wildman–Crippen MR) is 199 cm³/mol. The van der Waals surface area contributed by atoms with Crippen LogP contribution >= 0.6 is 7.82 Å². The number of esters is 2. The molecule has 0 aliphatic heterocycles. The zero-order valence-corrected chi connectivity index (χ0v) is 33.6. The van der Waals surface area contributed by atoms with Crippen LogP contribution in [0.3, 0.4) is 0 Å². The molecule has 0 spiro atoms. The van der Waals surface area contributed by atoms with Crippen LogP contribution in [-0.4, -0.2) is 70.0 Å². The van der Waals surface area contributed by atoms with Crippen molar-refractivity contribution in [3.63, 3.8) is 0 Å². The molecular weight excluding hydrogens is 641 g/mol. The highest BCUT2D eigenvalue weighted by atomic mass is 31.2. The molecule has 0 bridgehead atoms. The van der Waals surface area contributed by atoms with Gasteiger partial charge in [0.05, 0.1) is 27.7 Å². The molecule has 1 unspecified atom stereocenters. The summed E-state index contributed by atoms with van der Waals surface area (Å²) in [5.74, 6) is -0.827. The van der Waals surface area contributed by atoms with Crippen molar-refractivity contribution < 1.29 is 42.1 Å². The number of rotatable bonds is 37. The van der Waals surface area contributed by atoms with Crippen molar-refractivity contribution in [2.24, 2.45) is 0 Å². The minimum atomic E-state index is -4.61. The van der Waals surface area contributed by atoms with Crippen LogP contribution in [0.5, 0.6) is 0 Å². The van der Waals surface area contributed by atoms with Gasteiger partial charge in [0.15, 0.2) is 6.10 Å². The fourth-order valence-electron chi connectivity index (χ4n) is 5.65. The third kappa shape index (κ3) is 36.6. The lowest BCUT2D eigenvalue weighted by Gasteiger charge is -2.28. The van der Waals surface area contributed by atoms with Crippen molar-refractivity contribution in [1.29, 1.82) is 0 Å². The second-order valence-electron chi connectivity index (χ2n) is 15.0. The van der Waals surface area contributed by atoms with E-state index in [-0.39, 0.29) is 32.0 Å². The molecule has 0 aromatic rings. The van der Waals surface area contributed by atoms with Crippen LogP contribution in [0.1, 0.15) is 187 Å². The number of carbonyl (C=O) groups is 2. The molecule has 0 saturated carbocycles. The lowest BCUT2D eigenvalue weighted by molar-refractivity contribution is -0.870. The number of hydrogen-bond acceptors (Lipinski definition) is 8. The van der Waals surface area contributed by atoms with Crippen LogP contribution in [0.25, 0.3) is 0 Å². The molecule has 292 valence electrons. The molecule has 10 heteroatoms. The van der Waals surface area contributed by atoms with Gasteiger partial charge in [-0.2, -0.15) is 0 Å². The normalized spacial score (nSPS) is 13.7. The van der Waals surface area contributed by atoms with Crippen molar-refractivity contribution in [3.05, 3.63) is 0 Å². The minimum absolute atomic E-state index is 0.0261. The van der Waals surface area contributed by atoms with Crippen LogP contribution in [0.15, 0.2) is 0 Å². The summed E-state index contributed by atoms with van der Waals surface area (Å²) < 4.78 is 33.8. The topological polar surface area (TPSA) is 111 Å². The first-order valence-electron chi connectivity index (χ1n) is 20.2. The smallest absolute Gasteiger partial charge is 0.306 e. The first-order valence-corrected chi connectivity index (χ1v) is 21.7. The Kier molecular flexibility index (Phi) is 32.2. The third-order valence-electron chi connectivity index (χ3n) is 8.88. The number of phosphoric ester groups is 1. The number of hydrogen-bond donors (Lipinski definition) is 0. The average Bonchev–Trinajstić information content (AvgIpc) is 3.04. The number of ether oxygens (including phenoxy) is 2. The number of nitrogens with zero attached hydrogens (tertiary/aromatic N) is 1. The van der Waals surface area contributed by atoms with Gasteiger partial charge in [-0.1, -0.05) is 162 Å². The van der Waals surface area contributed by atoms with Crippen LogP contribution in [0, 0.1) is 0 Å². The second-order valence-corrected chi connectivity index (χ2v) is 16.4. The molecule has 0 heterocycles. The van der Waals surface area contributed by atoms with E-state index in [2.05, 4.69) is 13.8 Å². The molecule has 0 fully saturated rings. The van der Waals surface area contributed by atoms with Gasteiger partial charge in [-0.05, 0) is 12.8 Å². The molecule has 0 rings (SSSR count). The molecule has 0 aromatic carbocycles. The summed E-state index contributed by atoms with van der Waals surface area (Å²) >= 11 is 0. The average molecular weight is 720 g/mol. The first-order chi connectivity index (χ1) is 23.5. The number of likely N-dealkylation sites (N-methyl/N-ethyl adjacent to an activating group) is 1. The number of carbonyl (C=O) groups excluding carboxylic acids is 2. The Morgan fingerprint density at radius 1 is 0.551 bits per heavy atom. The molecule has 9 nitrogen and oxygen atoms in total. The Labute approximate surface area is 302 Å². The highest BCUT2D eigenvalue weighted by Gasteiger charge is 2.21. The molecule has 2 atom stereocenters. The van der Waals surface area contributed by atoms with Gasteiger partial charge in [-0.25, -0.2) is 0 Å². The summed E-state index contributed by atoms with van der Waals surface area (Å²) in [6.45, 7) is 4.22. The van der Waals surface area contributed by atoms with Gasteiger partial charge < -0.3 is 27.9 Å². The van der Waals surface area contributed by atoms with E-state index in [1.54, 1.807) is 0 Å². The molecule has 0 aliphatic rings. The van der Waals surface area contributed by atoms with Crippen LogP contribution in [-0.2, 0) is 32.7 Å². The van der Waals surface area contributed by atoms with Gasteiger partial charge in [-0.3, -0.25) is 14.2 Å². The van der Waals surface area contributed by atoms with E-state index >= 15 is 0 Å². The van der Waals surface area contributed by atoms with Gasteiger partial charge in [0, 0.05) is 12.8 Å². The third-order valence-corrected chi connectivity index (χ3v) is 9.84. The number of quaternary nitrogens is 1. The van der Waals surface area contributed by atoms with E-state index in [0.717, 1.165) is 32.1 Å². The van der Waals surface area contributed by atoms with Gasteiger partial charge in [-0.15, -0.1) is 0 Å². The monoisotopic (exact) mass is 720 g/mol. The summed E-state index contributed by atoms with van der Waals surface area (Å²) in [5, 5.41) is 0. The van der Waals surface area contributed by atoms with E-state index in [1.165, 1.54) is 122 Å². The maximum atomic E-state index is 12.6. The molecular formula is C39H78NO8P. The Morgan fingerprint density at radius 2 is 0.918 bits per heavy atom. The summed E-state index contributed by atoms with van der Waals surface area (Å²) in [6, 6.07) is 0. The summed E-state index contributed by atoms with van der Waals surface area (Å²) in [4.78, 5) is 37.3. The van der Waals surface area contributed by atoms with Crippen molar-refractivity contribution in [3.8, 4) is 0 Å². The number of unbranched alkanes of at least 4 members (excludes halogenated alkanes) is 23. The summed E-state index contributed by atoms with van der Waals surface area (Å²) in [5.41, 5.74) is 0. The summed E-state index contributed by atoms with van der Waals surface area (Å²) in [7, 11) is 1.18. The fraction of sp³-hybridized carbons (Fsp3) is 0.949. The van der Waals surface area contributed by atoms with Crippen LogP contribution < -0.4 is 4.89 Å². The van der Waals surface area contributed by atoms with Crippen molar-refractivity contribution in [1.82, 2.24) is 0 Å². The van der Waals surface area contributed by atoms with Crippen molar-refractivity contribution in [2.75, 3.05) is 47.5 Å². The van der Waals surface area contributed by atoms with Crippen molar-refractivity contribution >= 4 is 19.8 Å². The van der Waals surface area contributed by atoms with E-state index in [1.807, 2.05) is 21.1 Å². The standard InChI is InChI=1S/C39H78NO8P/c1-6-8-10-12-14-16-17-18-19-20-21-22-24-26-28-30-32-39(42)48-37(36-47-49(43,44)46-34-33-40(3,4)5)35-45-38(41)31-29-27-25-23-15-13-11-9-7-2/h37H,6-36H2,1-5H3/t37-/m1/s1. The van der Waals surface area contributed by atoms with E-state index in [0.29, 0.717) is 17.4 Å². The maximum Gasteiger partial charge on any atom is 0.306 e. The minimum Gasteiger partial charge on any atom is -0.756 e. The van der Waals surface area contributed by atoms with E-state index in [4.69, 9.17) is 18.5 Å². The van der Waals surface area contributed by atoms with Gasteiger partial charge in [0.1, 0.15) is 19.8 Å². The Bertz CT molecular complexity index is 819. The van der Waals surface area contributed by atoms with Gasteiger partial charge in [0.2, 0.25) is 0 Å². The maximum absolute atomic E-state index is 12.6. The second kappa shape index (κ2) is 32.9. The van der Waals surface area contributed by atoms with E-state index in [9.17, 15) is 19.0 Å². The predicted octanol–water partition coefficient (Wildman–Crippen LogP) is 10.2. The lowest BCUT2D eigenvalue weighted by Crippen LogP contribution is -2.37. The first kappa shape index (κ1) is 48.0. The highest BCUT2D eigenvalue weighted by molar-refractivity contribution is 7.45. The Morgan fingerprint density at radius 3 is 1.31 bits per heavy atom. The fourth-order valence-corrected chi connectivity index (χ4v) is 6.38. The van der Waals surface area contributed by atoms with Gasteiger partial charge >= 0.3 is 11.9 Å². The SMILES string of the molecule is CCCCCCCCCCCCCCCCCCC(=O)O[C@H](COC(=O)CCCCCCCCCCC)COP(=O)([O-])OCC[N+](C)(C)C.